The quantitative estimate of drug-likeness (QED) is 0.610. The van der Waals surface area contributed by atoms with Crippen molar-refractivity contribution in [3.8, 4) is 17.4 Å². The zero-order valence-electron chi connectivity index (χ0n) is 19.3. The van der Waals surface area contributed by atoms with Crippen LogP contribution in [0.1, 0.15) is 24.0 Å². The lowest BCUT2D eigenvalue weighted by Gasteiger charge is -2.19. The summed E-state index contributed by atoms with van der Waals surface area (Å²) >= 11 is 0. The second kappa shape index (κ2) is 11.2. The van der Waals surface area contributed by atoms with Crippen molar-refractivity contribution in [1.29, 1.82) is 0 Å². The molecule has 0 bridgehead atoms. The number of aromatic nitrogens is 2. The van der Waals surface area contributed by atoms with Gasteiger partial charge >= 0.3 is 0 Å². The number of pyridine rings is 2. The largest absolute Gasteiger partial charge is 0.486 e. The molecule has 176 valence electrons. The Bertz CT molecular complexity index is 1070. The predicted octanol–water partition coefficient (Wildman–Crippen LogP) is 3.59. The number of benzene rings is 1. The molecule has 1 saturated heterocycles. The summed E-state index contributed by atoms with van der Waals surface area (Å²) in [6, 6.07) is 8.96. The molecule has 7 nitrogen and oxygen atoms in total. The van der Waals surface area contributed by atoms with Crippen molar-refractivity contribution >= 4 is 11.0 Å². The lowest BCUT2D eigenvalue weighted by Crippen LogP contribution is -2.22. The van der Waals surface area contributed by atoms with Gasteiger partial charge in [-0.3, -0.25) is 4.98 Å². The summed E-state index contributed by atoms with van der Waals surface area (Å²) < 4.78 is 29.2. The Hall–Kier alpha value is -2.97. The normalized spacial score (nSPS) is 15.2. The summed E-state index contributed by atoms with van der Waals surface area (Å²) in [5, 5.41) is 2.90. The molecule has 0 aliphatic carbocycles. The highest BCUT2D eigenvalue weighted by molar-refractivity contribution is 5.78. The average Bonchev–Trinajstić information content (AvgIpc) is 3.37. The topological polar surface area (TPSA) is 68.7 Å². The van der Waals surface area contributed by atoms with Crippen LogP contribution >= 0.6 is 0 Å². The lowest BCUT2D eigenvalue weighted by atomic mass is 10.1. The van der Waals surface area contributed by atoms with E-state index in [0.29, 0.717) is 42.7 Å². The molecule has 8 heteroatoms. The van der Waals surface area contributed by atoms with Gasteiger partial charge in [-0.05, 0) is 63.2 Å². The smallest absolute Gasteiger partial charge is 0.213 e. The van der Waals surface area contributed by atoms with E-state index in [1.54, 1.807) is 20.2 Å². The second-order valence-corrected chi connectivity index (χ2v) is 8.11. The van der Waals surface area contributed by atoms with Crippen LogP contribution in [0.15, 0.2) is 36.5 Å². The van der Waals surface area contributed by atoms with Crippen LogP contribution < -0.4 is 19.5 Å². The van der Waals surface area contributed by atoms with Gasteiger partial charge in [0.25, 0.3) is 0 Å². The van der Waals surface area contributed by atoms with Crippen molar-refractivity contribution < 1.29 is 18.6 Å². The Morgan fingerprint density at radius 2 is 1.82 bits per heavy atom. The van der Waals surface area contributed by atoms with Gasteiger partial charge in [0.05, 0.1) is 18.1 Å². The van der Waals surface area contributed by atoms with E-state index in [4.69, 9.17) is 14.2 Å². The monoisotopic (exact) mass is 454 g/mol. The highest BCUT2D eigenvalue weighted by Crippen LogP contribution is 2.32. The summed E-state index contributed by atoms with van der Waals surface area (Å²) in [4.78, 5) is 11.4. The first kappa shape index (κ1) is 23.2. The van der Waals surface area contributed by atoms with E-state index in [1.807, 2.05) is 18.3 Å². The number of methoxy groups -OCH3 is 1. The first-order chi connectivity index (χ1) is 16.2. The SMILES string of the molecule is CNCc1cc2c(cc1F)OCCO2.COc1ccc2nccc(CCN3CCCC3)c2n1. The average molecular weight is 455 g/mol. The van der Waals surface area contributed by atoms with Crippen LogP contribution in [-0.4, -0.2) is 61.9 Å². The van der Waals surface area contributed by atoms with Crippen molar-refractivity contribution in [1.82, 2.24) is 20.2 Å². The van der Waals surface area contributed by atoms with Crippen LogP contribution in [0.2, 0.25) is 0 Å². The standard InChI is InChI=1S/C15H19N3O.C10H12FNO2/c1-19-14-5-4-13-15(17-14)12(6-8-16-13)7-11-18-9-2-3-10-18;1-12-6-7-4-9-10(5-8(7)11)14-3-2-13-9/h4-6,8H,2-3,7,9-11H2,1H3;4-5,12H,2-3,6H2,1H3. The first-order valence-corrected chi connectivity index (χ1v) is 11.4. The molecular weight excluding hydrogens is 423 g/mol. The lowest BCUT2D eigenvalue weighted by molar-refractivity contribution is 0.170. The Morgan fingerprint density at radius 3 is 2.55 bits per heavy atom. The molecule has 0 saturated carbocycles. The number of hydrogen-bond donors (Lipinski definition) is 1. The molecule has 2 aliphatic heterocycles. The third-order valence-corrected chi connectivity index (χ3v) is 5.83. The van der Waals surface area contributed by atoms with Gasteiger partial charge in [0.1, 0.15) is 19.0 Å². The number of halogens is 1. The molecule has 0 atom stereocenters. The Kier molecular flexibility index (Phi) is 7.91. The minimum Gasteiger partial charge on any atom is -0.486 e. The molecule has 3 aromatic rings. The molecule has 5 rings (SSSR count). The number of nitrogens with one attached hydrogen (secondary N) is 1. The fourth-order valence-electron chi connectivity index (χ4n) is 4.09. The van der Waals surface area contributed by atoms with Crippen molar-refractivity contribution in [2.24, 2.45) is 0 Å². The van der Waals surface area contributed by atoms with Crippen LogP contribution in [-0.2, 0) is 13.0 Å². The summed E-state index contributed by atoms with van der Waals surface area (Å²) in [7, 11) is 3.42. The number of fused-ring (bicyclic) bond motifs is 2. The van der Waals surface area contributed by atoms with Gasteiger partial charge < -0.3 is 24.4 Å². The maximum Gasteiger partial charge on any atom is 0.213 e. The zero-order valence-corrected chi connectivity index (χ0v) is 19.3. The van der Waals surface area contributed by atoms with Gasteiger partial charge in [0, 0.05) is 37.0 Å². The van der Waals surface area contributed by atoms with E-state index in [-0.39, 0.29) is 5.82 Å². The predicted molar refractivity (Wildman–Crippen MR) is 126 cm³/mol. The van der Waals surface area contributed by atoms with E-state index >= 15 is 0 Å². The maximum atomic E-state index is 13.4. The zero-order chi connectivity index (χ0) is 23.0. The maximum absolute atomic E-state index is 13.4. The second-order valence-electron chi connectivity index (χ2n) is 8.11. The van der Waals surface area contributed by atoms with Crippen LogP contribution in [0.25, 0.3) is 11.0 Å². The molecule has 2 aromatic heterocycles. The highest BCUT2D eigenvalue weighted by Gasteiger charge is 2.15. The van der Waals surface area contributed by atoms with E-state index in [0.717, 1.165) is 24.0 Å². The van der Waals surface area contributed by atoms with Gasteiger partial charge in [-0.2, -0.15) is 0 Å². The van der Waals surface area contributed by atoms with Crippen LogP contribution in [0.5, 0.6) is 17.4 Å². The molecule has 1 aromatic carbocycles. The molecule has 0 radical (unpaired) electrons. The molecule has 0 unspecified atom stereocenters. The van der Waals surface area contributed by atoms with E-state index in [2.05, 4.69) is 26.3 Å². The van der Waals surface area contributed by atoms with Gasteiger partial charge in [0.15, 0.2) is 11.5 Å². The number of nitrogens with zero attached hydrogens (tertiary/aromatic N) is 3. The summed E-state index contributed by atoms with van der Waals surface area (Å²) in [5.41, 5.74) is 3.77. The van der Waals surface area contributed by atoms with Crippen molar-refractivity contribution in [3.05, 3.63) is 53.5 Å². The van der Waals surface area contributed by atoms with Crippen molar-refractivity contribution in [3.63, 3.8) is 0 Å². The Balaban J connectivity index is 0.000000165. The fraction of sp³-hybridized carbons (Fsp3) is 0.440. The number of hydrogen-bond acceptors (Lipinski definition) is 7. The van der Waals surface area contributed by atoms with Crippen molar-refractivity contribution in [2.75, 3.05) is 47.0 Å². The summed E-state index contributed by atoms with van der Waals surface area (Å²) in [5.74, 6) is 1.52. The minimum atomic E-state index is -0.261. The molecule has 4 heterocycles. The molecule has 1 fully saturated rings. The molecule has 2 aliphatic rings. The third kappa shape index (κ3) is 5.89. The number of likely N-dealkylation sites (tertiary alicyclic amines) is 1. The van der Waals surface area contributed by atoms with E-state index < -0.39 is 0 Å². The number of ether oxygens (including phenoxy) is 3. The van der Waals surface area contributed by atoms with Gasteiger partial charge in [-0.25, -0.2) is 9.37 Å². The number of rotatable bonds is 6. The minimum absolute atomic E-state index is 0.261. The third-order valence-electron chi connectivity index (χ3n) is 5.83. The molecule has 33 heavy (non-hydrogen) atoms. The van der Waals surface area contributed by atoms with Crippen LogP contribution in [0, 0.1) is 5.82 Å². The Morgan fingerprint density at radius 1 is 1.06 bits per heavy atom. The van der Waals surface area contributed by atoms with Crippen LogP contribution in [0.3, 0.4) is 0 Å². The summed E-state index contributed by atoms with van der Waals surface area (Å²) in [6.45, 7) is 5.08. The molecule has 0 spiro atoms. The molecule has 0 amide bonds. The first-order valence-electron chi connectivity index (χ1n) is 11.4. The highest BCUT2D eigenvalue weighted by atomic mass is 19.1. The molecule has 1 N–H and O–H groups in total. The fourth-order valence-corrected chi connectivity index (χ4v) is 4.09. The van der Waals surface area contributed by atoms with Gasteiger partial charge in [-0.1, -0.05) is 0 Å². The van der Waals surface area contributed by atoms with Gasteiger partial charge in [-0.15, -0.1) is 0 Å². The van der Waals surface area contributed by atoms with E-state index in [1.165, 1.54) is 37.6 Å². The van der Waals surface area contributed by atoms with Crippen LogP contribution in [0.4, 0.5) is 4.39 Å². The molecular formula is C25H31FN4O3. The Labute approximate surface area is 193 Å². The van der Waals surface area contributed by atoms with Gasteiger partial charge in [0.2, 0.25) is 5.88 Å². The summed E-state index contributed by atoms with van der Waals surface area (Å²) in [6.07, 6.45) is 5.57. The van der Waals surface area contributed by atoms with E-state index in [9.17, 15) is 4.39 Å². The van der Waals surface area contributed by atoms with Crippen molar-refractivity contribution in [2.45, 2.75) is 25.8 Å².